The number of carbonyl (C=O) groups excluding carboxylic acids is 3. The summed E-state index contributed by atoms with van der Waals surface area (Å²) in [6.07, 6.45) is 1.99. The van der Waals surface area contributed by atoms with Gasteiger partial charge in [-0.1, -0.05) is 19.1 Å². The number of carbonyl (C=O) groups is 3. The van der Waals surface area contributed by atoms with E-state index < -0.39 is 5.54 Å². The van der Waals surface area contributed by atoms with Crippen LogP contribution in [0.4, 0.5) is 4.39 Å². The van der Waals surface area contributed by atoms with Gasteiger partial charge in [-0.05, 0) is 49.0 Å². The normalized spacial score (nSPS) is 17.6. The van der Waals surface area contributed by atoms with Crippen molar-refractivity contribution in [3.05, 3.63) is 53.1 Å². The number of hydrogen-bond donors (Lipinski definition) is 2. The topological polar surface area (TPSA) is 96.3 Å². The zero-order valence-electron chi connectivity index (χ0n) is 19.2. The van der Waals surface area contributed by atoms with Gasteiger partial charge in [0.25, 0.3) is 11.8 Å². The van der Waals surface area contributed by atoms with Crippen molar-refractivity contribution in [2.24, 2.45) is 0 Å². The van der Waals surface area contributed by atoms with Crippen molar-refractivity contribution in [1.82, 2.24) is 25.3 Å². The van der Waals surface area contributed by atoms with Gasteiger partial charge >= 0.3 is 0 Å². The number of halogens is 1. The molecule has 1 aromatic carbocycles. The highest BCUT2D eigenvalue weighted by atomic mass is 32.2. The number of likely N-dealkylation sites (N-methyl/N-ethyl adjacent to an activating group) is 1. The maximum absolute atomic E-state index is 13.1. The van der Waals surface area contributed by atoms with Crippen molar-refractivity contribution < 1.29 is 18.8 Å². The SMILES string of the molecule is CCCSCCCNC(=O)c1cc2n(n1)C[C@@](C)(C(=O)NCc1ccc(F)cc1)N(C)C2=O. The second kappa shape index (κ2) is 10.8. The van der Waals surface area contributed by atoms with Crippen LogP contribution in [0.5, 0.6) is 0 Å². The number of benzene rings is 1. The minimum Gasteiger partial charge on any atom is -0.351 e. The van der Waals surface area contributed by atoms with Crippen molar-refractivity contribution in [3.63, 3.8) is 0 Å². The summed E-state index contributed by atoms with van der Waals surface area (Å²) in [4.78, 5) is 39.8. The Morgan fingerprint density at radius 3 is 2.64 bits per heavy atom. The molecule has 1 aromatic heterocycles. The molecule has 0 spiro atoms. The fraction of sp³-hybridized carbons (Fsp3) is 0.478. The Labute approximate surface area is 197 Å². The van der Waals surface area contributed by atoms with E-state index in [2.05, 4.69) is 22.7 Å². The first-order valence-electron chi connectivity index (χ1n) is 11.0. The van der Waals surface area contributed by atoms with Crippen LogP contribution in [0.1, 0.15) is 53.2 Å². The highest BCUT2D eigenvalue weighted by molar-refractivity contribution is 7.99. The summed E-state index contributed by atoms with van der Waals surface area (Å²) < 4.78 is 14.5. The van der Waals surface area contributed by atoms with Crippen molar-refractivity contribution in [2.45, 2.75) is 45.3 Å². The van der Waals surface area contributed by atoms with Crippen molar-refractivity contribution in [3.8, 4) is 0 Å². The largest absolute Gasteiger partial charge is 0.351 e. The minimum atomic E-state index is -1.19. The molecule has 0 fully saturated rings. The Balaban J connectivity index is 1.64. The van der Waals surface area contributed by atoms with Crippen LogP contribution < -0.4 is 10.6 Å². The molecule has 1 aliphatic heterocycles. The second-order valence-electron chi connectivity index (χ2n) is 8.24. The number of fused-ring (bicyclic) bond motifs is 1. The lowest BCUT2D eigenvalue weighted by Gasteiger charge is -2.40. The van der Waals surface area contributed by atoms with E-state index >= 15 is 0 Å². The van der Waals surface area contributed by atoms with E-state index in [0.29, 0.717) is 6.54 Å². The summed E-state index contributed by atoms with van der Waals surface area (Å²) in [5.74, 6) is 0.643. The number of aromatic nitrogens is 2. The summed E-state index contributed by atoms with van der Waals surface area (Å²) in [6.45, 7) is 4.64. The standard InChI is InChI=1S/C23H30FN5O3S/c1-4-11-33-12-5-10-25-20(30)18-13-19-21(31)28(3)23(2,15-29(19)27-18)22(32)26-14-16-6-8-17(24)9-7-16/h6-9,13H,4-5,10-12,14-15H2,1-3H3,(H,25,30)(H,26,32)/t23-/m0/s1. The van der Waals surface area contributed by atoms with E-state index in [1.54, 1.807) is 26.1 Å². The summed E-state index contributed by atoms with van der Waals surface area (Å²) in [6, 6.07) is 7.30. The molecule has 0 aliphatic carbocycles. The molecule has 10 heteroatoms. The Bertz CT molecular complexity index is 1010. The molecule has 2 aromatic rings. The molecule has 0 saturated carbocycles. The molecule has 1 aliphatic rings. The predicted molar refractivity (Wildman–Crippen MR) is 126 cm³/mol. The third kappa shape index (κ3) is 5.73. The van der Waals surface area contributed by atoms with Crippen LogP contribution >= 0.6 is 11.8 Å². The van der Waals surface area contributed by atoms with Gasteiger partial charge in [-0.15, -0.1) is 0 Å². The molecule has 0 radical (unpaired) electrons. The molecule has 0 bridgehead atoms. The lowest BCUT2D eigenvalue weighted by Crippen LogP contribution is -2.62. The summed E-state index contributed by atoms with van der Waals surface area (Å²) in [5, 5.41) is 9.95. The first-order valence-corrected chi connectivity index (χ1v) is 12.2. The molecule has 3 rings (SSSR count). The third-order valence-electron chi connectivity index (χ3n) is 5.69. The average molecular weight is 476 g/mol. The predicted octanol–water partition coefficient (Wildman–Crippen LogP) is 2.45. The highest BCUT2D eigenvalue weighted by Crippen LogP contribution is 2.26. The molecule has 2 heterocycles. The fourth-order valence-electron chi connectivity index (χ4n) is 3.53. The first-order chi connectivity index (χ1) is 15.8. The van der Waals surface area contributed by atoms with Gasteiger partial charge in [0.2, 0.25) is 5.91 Å². The molecule has 0 saturated heterocycles. The fourth-order valence-corrected chi connectivity index (χ4v) is 4.37. The summed E-state index contributed by atoms with van der Waals surface area (Å²) in [5.41, 5.74) is -0.0285. The van der Waals surface area contributed by atoms with E-state index in [-0.39, 0.29) is 48.0 Å². The van der Waals surface area contributed by atoms with Crippen LogP contribution in [0.25, 0.3) is 0 Å². The number of amides is 3. The molecule has 33 heavy (non-hydrogen) atoms. The zero-order chi connectivity index (χ0) is 24.0. The smallest absolute Gasteiger partial charge is 0.272 e. The maximum Gasteiger partial charge on any atom is 0.272 e. The molecule has 1 atom stereocenters. The monoisotopic (exact) mass is 475 g/mol. The Morgan fingerprint density at radius 2 is 1.94 bits per heavy atom. The van der Waals surface area contributed by atoms with E-state index in [4.69, 9.17) is 0 Å². The van der Waals surface area contributed by atoms with Crippen LogP contribution in [0.2, 0.25) is 0 Å². The van der Waals surface area contributed by atoms with Crippen LogP contribution in [0.15, 0.2) is 30.3 Å². The van der Waals surface area contributed by atoms with Crippen molar-refractivity contribution in [2.75, 3.05) is 25.1 Å². The molecule has 3 amide bonds. The van der Waals surface area contributed by atoms with Crippen molar-refractivity contribution >= 4 is 29.5 Å². The zero-order valence-corrected chi connectivity index (χ0v) is 20.0. The molecular formula is C23H30FN5O3S. The number of hydrogen-bond acceptors (Lipinski definition) is 5. The molecule has 0 unspecified atom stereocenters. The van der Waals surface area contributed by atoms with Crippen molar-refractivity contribution in [1.29, 1.82) is 0 Å². The molecule has 178 valence electrons. The van der Waals surface area contributed by atoms with Gasteiger partial charge in [0, 0.05) is 26.2 Å². The van der Waals surface area contributed by atoms with Gasteiger partial charge in [-0.3, -0.25) is 19.1 Å². The van der Waals surface area contributed by atoms with Gasteiger partial charge in [-0.2, -0.15) is 16.9 Å². The summed E-state index contributed by atoms with van der Waals surface area (Å²) >= 11 is 1.85. The lowest BCUT2D eigenvalue weighted by molar-refractivity contribution is -0.132. The first kappa shape index (κ1) is 24.8. The van der Waals surface area contributed by atoms with Gasteiger partial charge < -0.3 is 15.5 Å². The van der Waals surface area contributed by atoms with Gasteiger partial charge in [0.05, 0.1) is 6.54 Å². The minimum absolute atomic E-state index is 0.112. The van der Waals surface area contributed by atoms with Crippen LogP contribution in [0, 0.1) is 5.82 Å². The molecular weight excluding hydrogens is 445 g/mol. The van der Waals surface area contributed by atoms with E-state index in [0.717, 1.165) is 29.9 Å². The molecule has 8 nitrogen and oxygen atoms in total. The van der Waals surface area contributed by atoms with Gasteiger partial charge in [0.1, 0.15) is 17.1 Å². The number of rotatable bonds is 10. The Morgan fingerprint density at radius 1 is 1.21 bits per heavy atom. The van der Waals surface area contributed by atoms with Crippen LogP contribution in [0.3, 0.4) is 0 Å². The lowest BCUT2D eigenvalue weighted by atomic mass is 9.96. The average Bonchev–Trinajstić information content (AvgIpc) is 3.23. The molecule has 2 N–H and O–H groups in total. The Kier molecular flexibility index (Phi) is 8.12. The second-order valence-corrected chi connectivity index (χ2v) is 9.47. The van der Waals surface area contributed by atoms with E-state index in [1.165, 1.54) is 27.8 Å². The third-order valence-corrected chi connectivity index (χ3v) is 6.96. The summed E-state index contributed by atoms with van der Waals surface area (Å²) in [7, 11) is 1.56. The number of nitrogens with one attached hydrogen (secondary N) is 2. The van der Waals surface area contributed by atoms with Crippen LogP contribution in [-0.4, -0.2) is 63.0 Å². The quantitative estimate of drug-likeness (QED) is 0.515. The number of nitrogens with zero attached hydrogens (tertiary/aromatic N) is 3. The maximum atomic E-state index is 13.1. The van der Waals surface area contributed by atoms with E-state index in [9.17, 15) is 18.8 Å². The van der Waals surface area contributed by atoms with Crippen LogP contribution in [-0.2, 0) is 17.9 Å². The van der Waals surface area contributed by atoms with Gasteiger partial charge in [-0.25, -0.2) is 4.39 Å². The Hall–Kier alpha value is -2.88. The number of thioether (sulfide) groups is 1. The van der Waals surface area contributed by atoms with E-state index in [1.807, 2.05) is 11.8 Å². The van der Waals surface area contributed by atoms with Gasteiger partial charge in [0.15, 0.2) is 5.69 Å². The highest BCUT2D eigenvalue weighted by Gasteiger charge is 2.46.